The van der Waals surface area contributed by atoms with Crippen molar-refractivity contribution in [1.82, 2.24) is 10.6 Å². The summed E-state index contributed by atoms with van der Waals surface area (Å²) >= 11 is 7.20. The number of carbonyl (C=O) groups excluding carboxylic acids is 1. The summed E-state index contributed by atoms with van der Waals surface area (Å²) in [6, 6.07) is 8.51. The lowest BCUT2D eigenvalue weighted by molar-refractivity contribution is -0.119. The van der Waals surface area contributed by atoms with E-state index in [1.54, 1.807) is 6.92 Å². The standard InChI is InChI=1S/C16H20ClN2OS/c1-10(2)8-12-4-6-13(7-5-12)14-9-21-16(18-14)19-15(20)11(3)17/h4-7,9-11,18H,8H2,1-3H3,(H,19,20). The van der Waals surface area contributed by atoms with E-state index in [1.807, 2.05) is 5.41 Å². The first-order valence-corrected chi connectivity index (χ1v) is 8.32. The van der Waals surface area contributed by atoms with Gasteiger partial charge in [0.15, 0.2) is 5.11 Å². The van der Waals surface area contributed by atoms with Gasteiger partial charge in [0.2, 0.25) is 5.91 Å². The van der Waals surface area contributed by atoms with Crippen LogP contribution < -0.4 is 10.6 Å². The fourth-order valence-corrected chi connectivity index (χ4v) is 2.82. The van der Waals surface area contributed by atoms with Crippen LogP contribution >= 0.6 is 23.0 Å². The van der Waals surface area contributed by atoms with Gasteiger partial charge in [-0.1, -0.05) is 38.1 Å². The number of hydrogen-bond acceptors (Lipinski definition) is 2. The molecule has 1 atom stereocenters. The summed E-state index contributed by atoms with van der Waals surface area (Å²) in [7, 11) is 0. The van der Waals surface area contributed by atoms with Gasteiger partial charge in [-0.25, -0.2) is 0 Å². The lowest BCUT2D eigenvalue weighted by Crippen LogP contribution is -2.40. The molecule has 3 nitrogen and oxygen atoms in total. The highest BCUT2D eigenvalue weighted by Gasteiger charge is 2.15. The van der Waals surface area contributed by atoms with E-state index in [0.717, 1.165) is 17.7 Å². The Balaban J connectivity index is 1.95. The molecule has 2 N–H and O–H groups in total. The minimum absolute atomic E-state index is 0.200. The van der Waals surface area contributed by atoms with Gasteiger partial charge in [0.25, 0.3) is 0 Å². The van der Waals surface area contributed by atoms with Crippen LogP contribution in [-0.2, 0) is 11.2 Å². The van der Waals surface area contributed by atoms with E-state index in [2.05, 4.69) is 48.7 Å². The molecular formula is C16H20ClN2OS. The number of halogens is 1. The molecule has 1 amide bonds. The third-order valence-corrected chi connectivity index (χ3v) is 4.04. The number of amides is 1. The number of rotatable bonds is 4. The molecule has 2 rings (SSSR count). The van der Waals surface area contributed by atoms with Gasteiger partial charge < -0.3 is 10.6 Å². The van der Waals surface area contributed by atoms with Crippen molar-refractivity contribution in [3.8, 4) is 0 Å². The first kappa shape index (κ1) is 16.0. The van der Waals surface area contributed by atoms with Gasteiger partial charge in [-0.2, -0.15) is 0 Å². The van der Waals surface area contributed by atoms with Gasteiger partial charge in [0, 0.05) is 5.41 Å². The fourth-order valence-electron chi connectivity index (χ4n) is 2.00. The van der Waals surface area contributed by atoms with Crippen molar-refractivity contribution in [3.63, 3.8) is 0 Å². The molecule has 1 aromatic rings. The Hall–Kier alpha value is -1.39. The maximum atomic E-state index is 11.5. The molecule has 1 aliphatic heterocycles. The summed E-state index contributed by atoms with van der Waals surface area (Å²) in [5.41, 5.74) is 3.44. The number of nitrogens with one attached hydrogen (secondary N) is 2. The average Bonchev–Trinajstić information content (AvgIpc) is 2.87. The third kappa shape index (κ3) is 4.55. The van der Waals surface area contributed by atoms with E-state index < -0.39 is 5.38 Å². The predicted octanol–water partition coefficient (Wildman–Crippen LogP) is 3.35. The van der Waals surface area contributed by atoms with Gasteiger partial charge >= 0.3 is 0 Å². The van der Waals surface area contributed by atoms with Gasteiger partial charge in [0.05, 0.1) is 5.70 Å². The molecule has 0 fully saturated rings. The van der Waals surface area contributed by atoms with Gasteiger partial charge in [-0.15, -0.1) is 23.0 Å². The lowest BCUT2D eigenvalue weighted by atomic mass is 10.0. The molecule has 0 aromatic heterocycles. The highest BCUT2D eigenvalue weighted by Crippen LogP contribution is 2.20. The van der Waals surface area contributed by atoms with Crippen LogP contribution in [0.25, 0.3) is 5.70 Å². The molecule has 0 aliphatic carbocycles. The quantitative estimate of drug-likeness (QED) is 0.659. The van der Waals surface area contributed by atoms with Crippen molar-refractivity contribution >= 4 is 39.7 Å². The Morgan fingerprint density at radius 3 is 2.52 bits per heavy atom. The summed E-state index contributed by atoms with van der Waals surface area (Å²) < 4.78 is 0. The number of hydrogen-bond donors (Lipinski definition) is 2. The third-order valence-electron chi connectivity index (χ3n) is 3.05. The Morgan fingerprint density at radius 1 is 1.29 bits per heavy atom. The normalized spacial score (nSPS) is 15.3. The highest BCUT2D eigenvalue weighted by atomic mass is 35.5. The second-order valence-corrected chi connectivity index (χ2v) is 7.04. The Bertz CT molecular complexity index is 576. The number of alkyl halides is 1. The van der Waals surface area contributed by atoms with Gasteiger partial charge in [0.1, 0.15) is 5.38 Å². The van der Waals surface area contributed by atoms with Crippen LogP contribution in [-0.4, -0.2) is 16.4 Å². The van der Waals surface area contributed by atoms with Crippen molar-refractivity contribution in [2.45, 2.75) is 32.6 Å². The van der Waals surface area contributed by atoms with E-state index >= 15 is 0 Å². The Labute approximate surface area is 134 Å². The zero-order valence-corrected chi connectivity index (χ0v) is 14.0. The molecule has 0 spiro atoms. The molecule has 1 heterocycles. The van der Waals surface area contributed by atoms with Crippen molar-refractivity contribution in [2.75, 3.05) is 0 Å². The van der Waals surface area contributed by atoms with E-state index in [1.165, 1.54) is 16.9 Å². The minimum atomic E-state index is -0.542. The second-order valence-electron chi connectivity index (χ2n) is 5.50. The number of carbonyl (C=O) groups is 1. The van der Waals surface area contributed by atoms with E-state index in [-0.39, 0.29) is 5.91 Å². The van der Waals surface area contributed by atoms with Gasteiger partial charge in [-0.05, 0) is 30.4 Å². The van der Waals surface area contributed by atoms with E-state index in [9.17, 15) is 4.79 Å². The summed E-state index contributed by atoms with van der Waals surface area (Å²) in [4.78, 5) is 11.5. The van der Waals surface area contributed by atoms with Crippen LogP contribution in [0.2, 0.25) is 0 Å². The smallest absolute Gasteiger partial charge is 0.243 e. The minimum Gasteiger partial charge on any atom is -0.332 e. The molecule has 21 heavy (non-hydrogen) atoms. The molecule has 1 unspecified atom stereocenters. The Morgan fingerprint density at radius 2 is 1.95 bits per heavy atom. The molecule has 0 saturated heterocycles. The predicted molar refractivity (Wildman–Crippen MR) is 92.2 cm³/mol. The van der Waals surface area contributed by atoms with Crippen molar-refractivity contribution in [3.05, 3.63) is 40.8 Å². The lowest BCUT2D eigenvalue weighted by Gasteiger charge is -2.11. The summed E-state index contributed by atoms with van der Waals surface area (Å²) in [6.45, 7) is 6.08. The van der Waals surface area contributed by atoms with Crippen molar-refractivity contribution in [1.29, 1.82) is 0 Å². The summed E-state index contributed by atoms with van der Waals surface area (Å²) in [5.74, 6) is 0.455. The molecule has 5 heteroatoms. The molecular weight excluding hydrogens is 304 g/mol. The van der Waals surface area contributed by atoms with Crippen LogP contribution in [0.4, 0.5) is 0 Å². The average molecular weight is 324 g/mol. The molecule has 1 radical (unpaired) electrons. The maximum absolute atomic E-state index is 11.5. The maximum Gasteiger partial charge on any atom is 0.243 e. The van der Waals surface area contributed by atoms with Crippen molar-refractivity contribution in [2.24, 2.45) is 5.92 Å². The zero-order chi connectivity index (χ0) is 15.4. The van der Waals surface area contributed by atoms with Crippen LogP contribution in [0.1, 0.15) is 31.9 Å². The first-order valence-electron chi connectivity index (χ1n) is 7.00. The molecule has 0 bridgehead atoms. The topological polar surface area (TPSA) is 41.1 Å². The molecule has 1 aliphatic rings. The van der Waals surface area contributed by atoms with Crippen LogP contribution in [0.3, 0.4) is 0 Å². The monoisotopic (exact) mass is 323 g/mol. The van der Waals surface area contributed by atoms with Crippen LogP contribution in [0.15, 0.2) is 29.7 Å². The van der Waals surface area contributed by atoms with E-state index in [4.69, 9.17) is 11.6 Å². The summed E-state index contributed by atoms with van der Waals surface area (Å²) in [5, 5.41) is 8.12. The summed E-state index contributed by atoms with van der Waals surface area (Å²) in [6.07, 6.45) is 1.09. The SMILES string of the molecule is CC(C)Cc1ccc(C2=C[S]=C(NC(=O)C(C)Cl)N2)cc1. The first-order chi connectivity index (χ1) is 9.95. The fraction of sp³-hybridized carbons (Fsp3) is 0.375. The highest BCUT2D eigenvalue weighted by molar-refractivity contribution is 8.02. The van der Waals surface area contributed by atoms with Crippen LogP contribution in [0, 0.1) is 5.92 Å². The second kappa shape index (κ2) is 7.05. The van der Waals surface area contributed by atoms with Gasteiger partial charge in [-0.3, -0.25) is 4.79 Å². The van der Waals surface area contributed by atoms with E-state index in [0.29, 0.717) is 11.0 Å². The molecule has 113 valence electrons. The Kier molecular flexibility index (Phi) is 5.37. The number of benzene rings is 1. The molecule has 0 saturated carbocycles. The molecule has 1 aromatic carbocycles. The largest absolute Gasteiger partial charge is 0.332 e. The van der Waals surface area contributed by atoms with Crippen molar-refractivity contribution < 1.29 is 4.79 Å². The zero-order valence-electron chi connectivity index (χ0n) is 12.4. The van der Waals surface area contributed by atoms with Crippen LogP contribution in [0.5, 0.6) is 0 Å².